The number of hydrogen-bond donors (Lipinski definition) is 2. The van der Waals surface area contributed by atoms with Crippen molar-refractivity contribution in [2.75, 3.05) is 35.5 Å². The molecule has 2 unspecified atom stereocenters. The van der Waals surface area contributed by atoms with Crippen LogP contribution in [0.2, 0.25) is 0 Å². The van der Waals surface area contributed by atoms with Gasteiger partial charge >= 0.3 is 0 Å². The summed E-state index contributed by atoms with van der Waals surface area (Å²) in [5.74, 6) is 3.92. The van der Waals surface area contributed by atoms with Crippen molar-refractivity contribution in [3.05, 3.63) is 41.0 Å². The maximum Gasteiger partial charge on any atom is 0.164 e. The van der Waals surface area contributed by atoms with Gasteiger partial charge in [0.15, 0.2) is 11.5 Å². The molecule has 35 heavy (non-hydrogen) atoms. The van der Waals surface area contributed by atoms with Crippen LogP contribution >= 0.6 is 0 Å². The van der Waals surface area contributed by atoms with Crippen molar-refractivity contribution in [3.8, 4) is 28.7 Å². The molecule has 0 amide bonds. The van der Waals surface area contributed by atoms with Crippen molar-refractivity contribution in [2.45, 2.75) is 44.4 Å². The summed E-state index contributed by atoms with van der Waals surface area (Å²) >= 11 is 0. The minimum atomic E-state index is 0.102. The third-order valence-electron chi connectivity index (χ3n) is 6.67. The molecular weight excluding hydrogens is 452 g/mol. The molecule has 0 heterocycles. The van der Waals surface area contributed by atoms with Gasteiger partial charge in [-0.2, -0.15) is 0 Å². The number of nitrogens with zero attached hydrogens (tertiary/aromatic N) is 2. The first kappa shape index (κ1) is 26.0. The summed E-state index contributed by atoms with van der Waals surface area (Å²) in [5.41, 5.74) is 4.63. The van der Waals surface area contributed by atoms with Crippen LogP contribution in [0.5, 0.6) is 28.7 Å². The van der Waals surface area contributed by atoms with Gasteiger partial charge in [-0.1, -0.05) is 10.3 Å². The molecule has 2 N–H and O–H groups in total. The van der Waals surface area contributed by atoms with Gasteiger partial charge in [0.05, 0.1) is 47.0 Å². The first-order valence-corrected chi connectivity index (χ1v) is 11.4. The minimum absolute atomic E-state index is 0.102. The zero-order chi connectivity index (χ0) is 25.5. The Kier molecular flexibility index (Phi) is 8.68. The van der Waals surface area contributed by atoms with Crippen LogP contribution in [0, 0.1) is 6.92 Å². The second kappa shape index (κ2) is 11.7. The standard InChI is InChI=1S/C13H17NO4.C13H17NO3/c1-16-11-7-13(18-3)12(17-2)6-9(11)8-4-5-10(8)14-15;1-8-6-13(17-3)10(7-12(8)16-2)9-4-5-11(9)14-15/h6-8,15H,4-5H2,1-3H3;6-7,9,15H,4-5H2,1-3H3. The first-order valence-electron chi connectivity index (χ1n) is 11.4. The van der Waals surface area contributed by atoms with E-state index in [0.29, 0.717) is 11.5 Å². The molecular formula is C26H34N2O7. The lowest BCUT2D eigenvalue weighted by Crippen LogP contribution is -2.24. The Labute approximate surface area is 205 Å². The molecule has 2 atom stereocenters. The highest BCUT2D eigenvalue weighted by Crippen LogP contribution is 2.44. The molecule has 9 heteroatoms. The SMILES string of the molecule is COc1cc(C2CCC2=NO)c(OC)cc1C.COc1cc(OC)c(C2CCC2=NO)cc1OC. The zero-order valence-electron chi connectivity index (χ0n) is 21.1. The van der Waals surface area contributed by atoms with E-state index < -0.39 is 0 Å². The number of hydrogen-bond acceptors (Lipinski definition) is 9. The van der Waals surface area contributed by atoms with Crippen molar-refractivity contribution in [1.82, 2.24) is 0 Å². The number of methoxy groups -OCH3 is 5. The molecule has 0 bridgehead atoms. The van der Waals surface area contributed by atoms with E-state index in [2.05, 4.69) is 10.3 Å². The second-order valence-corrected chi connectivity index (χ2v) is 8.38. The lowest BCUT2D eigenvalue weighted by molar-refractivity contribution is 0.309. The Balaban J connectivity index is 0.000000196. The first-order chi connectivity index (χ1) is 17.0. The molecule has 2 fully saturated rings. The Morgan fingerprint density at radius 1 is 0.600 bits per heavy atom. The maximum absolute atomic E-state index is 8.90. The van der Waals surface area contributed by atoms with Gasteiger partial charge in [0.2, 0.25) is 0 Å². The van der Waals surface area contributed by atoms with E-state index in [4.69, 9.17) is 34.1 Å². The number of oxime groups is 2. The summed E-state index contributed by atoms with van der Waals surface area (Å²) < 4.78 is 26.6. The fourth-order valence-corrected chi connectivity index (χ4v) is 4.42. The molecule has 2 aliphatic rings. The predicted molar refractivity (Wildman–Crippen MR) is 133 cm³/mol. The van der Waals surface area contributed by atoms with Gasteiger partial charge in [-0.05, 0) is 56.4 Å². The van der Waals surface area contributed by atoms with Crippen LogP contribution in [0.3, 0.4) is 0 Å². The van der Waals surface area contributed by atoms with E-state index in [9.17, 15) is 0 Å². The lowest BCUT2D eigenvalue weighted by Gasteiger charge is -2.29. The fourth-order valence-electron chi connectivity index (χ4n) is 4.42. The van der Waals surface area contributed by atoms with Gasteiger partial charge in [0, 0.05) is 29.0 Å². The van der Waals surface area contributed by atoms with Crippen LogP contribution in [0.1, 0.15) is 54.2 Å². The summed E-state index contributed by atoms with van der Waals surface area (Å²) in [6.07, 6.45) is 3.60. The van der Waals surface area contributed by atoms with Crippen LogP contribution in [0.25, 0.3) is 0 Å². The molecule has 0 spiro atoms. The smallest absolute Gasteiger partial charge is 0.164 e. The van der Waals surface area contributed by atoms with E-state index in [1.807, 2.05) is 25.1 Å². The maximum atomic E-state index is 8.90. The normalized spacial score (nSPS) is 20.7. The van der Waals surface area contributed by atoms with E-state index in [1.54, 1.807) is 41.6 Å². The van der Waals surface area contributed by atoms with Crippen molar-refractivity contribution < 1.29 is 34.1 Å². The Bertz CT molecular complexity index is 1100. The van der Waals surface area contributed by atoms with E-state index in [0.717, 1.165) is 71.0 Å². The molecule has 2 aromatic carbocycles. The Morgan fingerprint density at radius 3 is 1.37 bits per heavy atom. The summed E-state index contributed by atoms with van der Waals surface area (Å²) in [6.45, 7) is 1.98. The molecule has 2 aromatic rings. The van der Waals surface area contributed by atoms with Crippen LogP contribution in [-0.2, 0) is 0 Å². The summed E-state index contributed by atoms with van der Waals surface area (Å²) in [6, 6.07) is 7.61. The molecule has 2 aliphatic carbocycles. The van der Waals surface area contributed by atoms with E-state index in [1.165, 1.54) is 0 Å². The van der Waals surface area contributed by atoms with Gasteiger partial charge < -0.3 is 34.1 Å². The molecule has 4 rings (SSSR count). The summed E-state index contributed by atoms with van der Waals surface area (Å²) in [4.78, 5) is 0. The molecule has 190 valence electrons. The van der Waals surface area contributed by atoms with E-state index in [-0.39, 0.29) is 11.8 Å². The third kappa shape index (κ3) is 5.23. The van der Waals surface area contributed by atoms with Crippen LogP contribution in [-0.4, -0.2) is 57.4 Å². The Hall–Kier alpha value is -3.62. The molecule has 0 saturated heterocycles. The van der Waals surface area contributed by atoms with Gasteiger partial charge in [-0.3, -0.25) is 0 Å². The molecule has 0 aliphatic heterocycles. The molecule has 0 radical (unpaired) electrons. The predicted octanol–water partition coefficient (Wildman–Crippen LogP) is 5.14. The van der Waals surface area contributed by atoms with Crippen LogP contribution < -0.4 is 23.7 Å². The minimum Gasteiger partial charge on any atom is -0.496 e. The van der Waals surface area contributed by atoms with E-state index >= 15 is 0 Å². The highest BCUT2D eigenvalue weighted by molar-refractivity contribution is 5.97. The van der Waals surface area contributed by atoms with Crippen molar-refractivity contribution in [2.24, 2.45) is 10.3 Å². The third-order valence-corrected chi connectivity index (χ3v) is 6.67. The number of rotatable bonds is 7. The summed E-state index contributed by atoms with van der Waals surface area (Å²) in [7, 11) is 8.09. The highest BCUT2D eigenvalue weighted by Gasteiger charge is 2.32. The average molecular weight is 487 g/mol. The number of aryl methyl sites for hydroxylation is 1. The van der Waals surface area contributed by atoms with Crippen molar-refractivity contribution in [3.63, 3.8) is 0 Å². The quantitative estimate of drug-likeness (QED) is 0.412. The highest BCUT2D eigenvalue weighted by atomic mass is 16.5. The fraction of sp³-hybridized carbons (Fsp3) is 0.462. The van der Waals surface area contributed by atoms with Crippen LogP contribution in [0.15, 0.2) is 34.6 Å². The molecule has 9 nitrogen and oxygen atoms in total. The van der Waals surface area contributed by atoms with Crippen molar-refractivity contribution in [1.29, 1.82) is 0 Å². The largest absolute Gasteiger partial charge is 0.496 e. The summed E-state index contributed by atoms with van der Waals surface area (Å²) in [5, 5.41) is 24.4. The molecule has 0 aromatic heterocycles. The van der Waals surface area contributed by atoms with Crippen LogP contribution in [0.4, 0.5) is 0 Å². The Morgan fingerprint density at radius 2 is 1.00 bits per heavy atom. The molecule has 2 saturated carbocycles. The lowest BCUT2D eigenvalue weighted by atomic mass is 9.77. The average Bonchev–Trinajstić information content (AvgIpc) is 2.84. The topological polar surface area (TPSA) is 111 Å². The monoisotopic (exact) mass is 486 g/mol. The van der Waals surface area contributed by atoms with Gasteiger partial charge in [-0.15, -0.1) is 0 Å². The number of ether oxygens (including phenoxy) is 5. The number of benzene rings is 2. The van der Waals surface area contributed by atoms with Gasteiger partial charge in [-0.25, -0.2) is 0 Å². The van der Waals surface area contributed by atoms with Gasteiger partial charge in [0.1, 0.15) is 17.2 Å². The van der Waals surface area contributed by atoms with Crippen molar-refractivity contribution >= 4 is 11.4 Å². The zero-order valence-corrected chi connectivity index (χ0v) is 21.1. The van der Waals surface area contributed by atoms with Gasteiger partial charge in [0.25, 0.3) is 0 Å². The second-order valence-electron chi connectivity index (χ2n) is 8.38.